The Bertz CT molecular complexity index is 1760. The number of fused-ring (bicyclic) bond motifs is 2. The molecule has 5 rings (SSSR count). The van der Waals surface area contributed by atoms with Crippen molar-refractivity contribution >= 4 is 16.9 Å². The van der Waals surface area contributed by atoms with Crippen molar-refractivity contribution in [3.63, 3.8) is 0 Å². The van der Waals surface area contributed by atoms with Gasteiger partial charge in [-0.05, 0) is 69.0 Å². The first-order chi connectivity index (χ1) is 20.8. The molecule has 1 aliphatic rings. The van der Waals surface area contributed by atoms with Crippen molar-refractivity contribution < 1.29 is 28.2 Å². The van der Waals surface area contributed by atoms with Crippen molar-refractivity contribution in [3.8, 4) is 29.1 Å². The molecule has 1 aromatic heterocycles. The van der Waals surface area contributed by atoms with Crippen LogP contribution < -0.4 is 24.7 Å². The lowest BCUT2D eigenvalue weighted by Crippen LogP contribution is -2.21. The summed E-state index contributed by atoms with van der Waals surface area (Å²) >= 11 is 0. The highest BCUT2D eigenvalue weighted by atomic mass is 16.5. The normalized spacial score (nSPS) is 14.2. The summed E-state index contributed by atoms with van der Waals surface area (Å²) in [6.45, 7) is 10.9. The molecule has 43 heavy (non-hydrogen) atoms. The van der Waals surface area contributed by atoms with Gasteiger partial charge in [0.05, 0.1) is 19.1 Å². The summed E-state index contributed by atoms with van der Waals surface area (Å²) in [5.74, 6) is 0.889. The van der Waals surface area contributed by atoms with E-state index >= 15 is 0 Å². The largest absolute Gasteiger partial charge is 0.490 e. The molecule has 222 valence electrons. The number of nitrogens with zero attached hydrogens (tertiary/aromatic N) is 1. The topological polar surface area (TPSA) is 117 Å². The summed E-state index contributed by atoms with van der Waals surface area (Å²) in [7, 11) is 0. The number of rotatable bonds is 10. The predicted molar refractivity (Wildman–Crippen MR) is 164 cm³/mol. The second-order valence-corrected chi connectivity index (χ2v) is 10.6. The van der Waals surface area contributed by atoms with Crippen LogP contribution in [0.15, 0.2) is 64.4 Å². The minimum atomic E-state index is -0.616. The Kier molecular flexibility index (Phi) is 8.63. The lowest BCUT2D eigenvalue weighted by molar-refractivity contribution is 0.0702. The van der Waals surface area contributed by atoms with Gasteiger partial charge in [0.1, 0.15) is 28.7 Å². The zero-order valence-electron chi connectivity index (χ0n) is 25.2. The number of furan rings is 1. The van der Waals surface area contributed by atoms with Gasteiger partial charge in [-0.1, -0.05) is 44.0 Å². The van der Waals surface area contributed by atoms with Gasteiger partial charge in [0, 0.05) is 22.6 Å². The fourth-order valence-corrected chi connectivity index (χ4v) is 5.33. The van der Waals surface area contributed by atoms with E-state index in [0.717, 1.165) is 41.3 Å². The van der Waals surface area contributed by atoms with Gasteiger partial charge in [0.2, 0.25) is 11.6 Å². The molecule has 1 atom stereocenters. The van der Waals surface area contributed by atoms with E-state index < -0.39 is 11.9 Å². The van der Waals surface area contributed by atoms with E-state index in [4.69, 9.17) is 29.1 Å². The average molecular weight is 581 g/mol. The molecule has 0 saturated heterocycles. The second kappa shape index (κ2) is 12.5. The highest BCUT2D eigenvalue weighted by Crippen LogP contribution is 2.45. The number of hydrogen-bond acceptors (Lipinski definition) is 8. The van der Waals surface area contributed by atoms with Crippen molar-refractivity contribution in [2.45, 2.75) is 59.8 Å². The second-order valence-electron chi connectivity index (χ2n) is 10.6. The van der Waals surface area contributed by atoms with E-state index in [-0.39, 0.29) is 23.0 Å². The zero-order valence-corrected chi connectivity index (χ0v) is 25.2. The number of unbranched alkanes of at least 4 members (excludes halogenated alkanes) is 2. The number of carbonyl (C=O) groups is 1. The molecule has 2 N–H and O–H groups in total. The first-order valence-electron chi connectivity index (χ1n) is 14.6. The molecule has 1 unspecified atom stereocenters. The molecule has 0 spiro atoms. The van der Waals surface area contributed by atoms with Gasteiger partial charge in [-0.15, -0.1) is 0 Å². The SMILES string of the molecule is CCCCCOc1ccc(C2C(C#N)=C(N)Oc3cc(OC(=O)c4oc5c(C)c(C)ccc5c4C)ccc32)cc1OCC. The first-order valence-corrected chi connectivity index (χ1v) is 14.6. The third kappa shape index (κ3) is 5.76. The maximum atomic E-state index is 13.2. The molecule has 0 amide bonds. The molecule has 8 heteroatoms. The van der Waals surface area contributed by atoms with Crippen LogP contribution in [0.2, 0.25) is 0 Å². The van der Waals surface area contributed by atoms with Crippen LogP contribution >= 0.6 is 0 Å². The van der Waals surface area contributed by atoms with Crippen molar-refractivity contribution in [2.24, 2.45) is 5.73 Å². The molecule has 3 aromatic carbocycles. The maximum Gasteiger partial charge on any atom is 0.379 e. The lowest BCUT2D eigenvalue weighted by atomic mass is 9.83. The Labute approximate surface area is 251 Å². The molecule has 8 nitrogen and oxygen atoms in total. The van der Waals surface area contributed by atoms with E-state index in [1.54, 1.807) is 18.2 Å². The van der Waals surface area contributed by atoms with Crippen LogP contribution in [0.25, 0.3) is 11.0 Å². The van der Waals surface area contributed by atoms with Gasteiger partial charge in [-0.2, -0.15) is 5.26 Å². The van der Waals surface area contributed by atoms with E-state index in [1.807, 2.05) is 58.0 Å². The van der Waals surface area contributed by atoms with E-state index in [2.05, 4.69) is 13.0 Å². The Balaban J connectivity index is 1.45. The number of aryl methyl sites for hydroxylation is 3. The van der Waals surface area contributed by atoms with Gasteiger partial charge < -0.3 is 29.1 Å². The third-order valence-corrected chi connectivity index (χ3v) is 7.82. The summed E-state index contributed by atoms with van der Waals surface area (Å²) in [6.07, 6.45) is 3.15. The Hall–Kier alpha value is -4.90. The summed E-state index contributed by atoms with van der Waals surface area (Å²) in [6, 6.07) is 16.9. The summed E-state index contributed by atoms with van der Waals surface area (Å²) in [5, 5.41) is 10.9. The van der Waals surface area contributed by atoms with Gasteiger partial charge in [-0.25, -0.2) is 4.79 Å². The molecule has 0 radical (unpaired) electrons. The molecule has 4 aromatic rings. The maximum absolute atomic E-state index is 13.2. The van der Waals surface area contributed by atoms with Gasteiger partial charge in [-0.3, -0.25) is 0 Å². The first kappa shape index (κ1) is 29.6. The summed E-state index contributed by atoms with van der Waals surface area (Å²) in [4.78, 5) is 13.2. The monoisotopic (exact) mass is 580 g/mol. The number of benzene rings is 3. The number of carbonyl (C=O) groups excluding carboxylic acids is 1. The van der Waals surface area contributed by atoms with Crippen LogP contribution in [0.1, 0.15) is 77.4 Å². The van der Waals surface area contributed by atoms with Crippen molar-refractivity contribution in [1.29, 1.82) is 5.26 Å². The highest BCUT2D eigenvalue weighted by molar-refractivity contribution is 5.98. The van der Waals surface area contributed by atoms with Crippen LogP contribution in [0.4, 0.5) is 0 Å². The van der Waals surface area contributed by atoms with Crippen LogP contribution in [-0.4, -0.2) is 19.2 Å². The Morgan fingerprint density at radius 2 is 1.79 bits per heavy atom. The quantitative estimate of drug-likeness (QED) is 0.115. The molecular weight excluding hydrogens is 544 g/mol. The highest BCUT2D eigenvalue weighted by Gasteiger charge is 2.32. The third-order valence-electron chi connectivity index (χ3n) is 7.82. The molecule has 0 aliphatic carbocycles. The van der Waals surface area contributed by atoms with Gasteiger partial charge in [0.15, 0.2) is 11.5 Å². The summed E-state index contributed by atoms with van der Waals surface area (Å²) in [5.41, 5.74) is 11.5. The van der Waals surface area contributed by atoms with E-state index in [1.165, 1.54) is 0 Å². The van der Waals surface area contributed by atoms with E-state index in [0.29, 0.717) is 47.2 Å². The van der Waals surface area contributed by atoms with Crippen molar-refractivity contribution in [2.75, 3.05) is 13.2 Å². The number of ether oxygens (including phenoxy) is 4. The van der Waals surface area contributed by atoms with E-state index in [9.17, 15) is 10.1 Å². The van der Waals surface area contributed by atoms with Crippen molar-refractivity contribution in [3.05, 3.63) is 93.6 Å². The lowest BCUT2D eigenvalue weighted by Gasteiger charge is -2.27. The number of hydrogen-bond donors (Lipinski definition) is 1. The fraction of sp³-hybridized carbons (Fsp3) is 0.314. The summed E-state index contributed by atoms with van der Waals surface area (Å²) < 4.78 is 29.5. The average Bonchev–Trinajstić information content (AvgIpc) is 3.34. The van der Waals surface area contributed by atoms with Crippen LogP contribution in [-0.2, 0) is 0 Å². The molecule has 2 heterocycles. The molecule has 0 fully saturated rings. The zero-order chi connectivity index (χ0) is 30.7. The molecule has 0 bridgehead atoms. The number of allylic oxidation sites excluding steroid dienone is 1. The predicted octanol–water partition coefficient (Wildman–Crippen LogP) is 7.76. The molecule has 0 saturated carbocycles. The fourth-order valence-electron chi connectivity index (χ4n) is 5.33. The van der Waals surface area contributed by atoms with Gasteiger partial charge >= 0.3 is 5.97 Å². The molecular formula is C35H36N2O6. The number of nitrogens with two attached hydrogens (primary N) is 1. The number of nitriles is 1. The van der Waals surface area contributed by atoms with Crippen LogP contribution in [0.5, 0.6) is 23.0 Å². The minimum absolute atomic E-state index is 0.0136. The van der Waals surface area contributed by atoms with Crippen LogP contribution in [0, 0.1) is 32.1 Å². The van der Waals surface area contributed by atoms with Crippen LogP contribution in [0.3, 0.4) is 0 Å². The standard InChI is InChI=1S/C35H36N2O6/c1-6-8-9-16-40-28-15-11-23(17-30(28)39-7-2)31-26-14-12-24(18-29(26)42-34(37)27(31)19-36)41-35(38)33-22(5)25-13-10-20(3)21(4)32(25)43-33/h10-15,17-18,31H,6-9,16,37H2,1-5H3. The Morgan fingerprint density at radius 1 is 0.977 bits per heavy atom. The van der Waals surface area contributed by atoms with Crippen molar-refractivity contribution in [1.82, 2.24) is 0 Å². The minimum Gasteiger partial charge on any atom is -0.490 e. The molecule has 1 aliphatic heterocycles. The smallest absolute Gasteiger partial charge is 0.379 e. The van der Waals surface area contributed by atoms with Gasteiger partial charge in [0.25, 0.3) is 0 Å². The number of esters is 1. The Morgan fingerprint density at radius 3 is 2.53 bits per heavy atom.